The number of para-hydroxylation sites is 1. The molecule has 0 saturated carbocycles. The zero-order chi connectivity index (χ0) is 21.3. The summed E-state index contributed by atoms with van der Waals surface area (Å²) in [5.74, 6) is 2.77. The van der Waals surface area contributed by atoms with E-state index >= 15 is 0 Å². The second-order valence-electron chi connectivity index (χ2n) is 6.78. The van der Waals surface area contributed by atoms with E-state index in [2.05, 4.69) is 5.32 Å². The maximum atomic E-state index is 12.5. The summed E-state index contributed by atoms with van der Waals surface area (Å²) in [6.45, 7) is 1.95. The number of ether oxygens (including phenoxy) is 3. The summed E-state index contributed by atoms with van der Waals surface area (Å²) in [5, 5.41) is 7.61. The van der Waals surface area contributed by atoms with Crippen molar-refractivity contribution in [3.05, 3.63) is 59.3 Å². The largest absolute Gasteiger partial charge is 0.496 e. The quantitative estimate of drug-likeness (QED) is 0.667. The minimum absolute atomic E-state index is 0.0692. The molecule has 30 heavy (non-hydrogen) atoms. The molecule has 0 saturated heterocycles. The lowest BCUT2D eigenvalue weighted by Gasteiger charge is -2.20. The topological polar surface area (TPSA) is 74.6 Å². The van der Waals surface area contributed by atoms with Crippen LogP contribution in [-0.2, 0) is 4.79 Å². The fourth-order valence-corrected chi connectivity index (χ4v) is 4.85. The van der Waals surface area contributed by atoms with Crippen LogP contribution in [0, 0.1) is 6.92 Å². The number of thioether (sulfide) groups is 1. The second kappa shape index (κ2) is 8.31. The van der Waals surface area contributed by atoms with Crippen molar-refractivity contribution in [3.63, 3.8) is 0 Å². The number of nitrogens with zero attached hydrogens (tertiary/aromatic N) is 2. The number of benzene rings is 2. The van der Waals surface area contributed by atoms with Crippen molar-refractivity contribution in [2.24, 2.45) is 0 Å². The number of hydrogen-bond acceptors (Lipinski definition) is 6. The Morgan fingerprint density at radius 2 is 1.70 bits per heavy atom. The van der Waals surface area contributed by atoms with E-state index in [-0.39, 0.29) is 11.2 Å². The van der Waals surface area contributed by atoms with Crippen molar-refractivity contribution in [1.82, 2.24) is 9.78 Å². The minimum atomic E-state index is -0.175. The Kier molecular flexibility index (Phi) is 5.59. The summed E-state index contributed by atoms with van der Waals surface area (Å²) in [6.07, 6.45) is 0. The molecule has 1 atom stereocenters. The van der Waals surface area contributed by atoms with Gasteiger partial charge in [0.25, 0.3) is 0 Å². The number of amides is 1. The van der Waals surface area contributed by atoms with Gasteiger partial charge in [-0.15, -0.1) is 11.8 Å². The van der Waals surface area contributed by atoms with Crippen molar-refractivity contribution < 1.29 is 19.0 Å². The van der Waals surface area contributed by atoms with Crippen molar-refractivity contribution in [2.75, 3.05) is 32.4 Å². The molecule has 1 N–H and O–H groups in total. The first kappa shape index (κ1) is 20.2. The van der Waals surface area contributed by atoms with Crippen LogP contribution in [-0.4, -0.2) is 42.8 Å². The number of methoxy groups -OCH3 is 3. The van der Waals surface area contributed by atoms with E-state index in [1.54, 1.807) is 26.0 Å². The van der Waals surface area contributed by atoms with E-state index in [1.807, 2.05) is 49.4 Å². The summed E-state index contributed by atoms with van der Waals surface area (Å²) in [7, 11) is 4.81. The Morgan fingerprint density at radius 1 is 1.03 bits per heavy atom. The van der Waals surface area contributed by atoms with Crippen LogP contribution in [0.15, 0.2) is 42.5 Å². The molecule has 1 unspecified atom stereocenters. The Hall–Kier alpha value is -3.13. The van der Waals surface area contributed by atoms with E-state index in [9.17, 15) is 4.79 Å². The Morgan fingerprint density at radius 3 is 2.37 bits per heavy atom. The van der Waals surface area contributed by atoms with Gasteiger partial charge in [-0.1, -0.05) is 18.2 Å². The molecular formula is C22H23N3O4S. The molecule has 1 aromatic heterocycles. The summed E-state index contributed by atoms with van der Waals surface area (Å²) in [6, 6.07) is 13.5. The molecule has 2 aromatic carbocycles. The number of carbonyl (C=O) groups is 1. The predicted molar refractivity (Wildman–Crippen MR) is 117 cm³/mol. The van der Waals surface area contributed by atoms with Crippen LogP contribution in [0.5, 0.6) is 17.2 Å². The highest BCUT2D eigenvalue weighted by atomic mass is 32.2. The van der Waals surface area contributed by atoms with Crippen LogP contribution in [0.2, 0.25) is 0 Å². The van der Waals surface area contributed by atoms with E-state index in [0.717, 1.165) is 22.5 Å². The van der Waals surface area contributed by atoms with Crippen LogP contribution < -0.4 is 19.5 Å². The molecule has 0 aliphatic carbocycles. The van der Waals surface area contributed by atoms with Gasteiger partial charge < -0.3 is 19.5 Å². The monoisotopic (exact) mass is 425 g/mol. The number of carbonyl (C=O) groups excluding carboxylic acids is 1. The zero-order valence-electron chi connectivity index (χ0n) is 17.3. The van der Waals surface area contributed by atoms with Crippen LogP contribution in [0.25, 0.3) is 5.69 Å². The lowest BCUT2D eigenvalue weighted by molar-refractivity contribution is -0.113. The molecule has 7 nitrogen and oxygen atoms in total. The second-order valence-corrected chi connectivity index (χ2v) is 7.88. The molecule has 1 aliphatic rings. The van der Waals surface area contributed by atoms with Gasteiger partial charge >= 0.3 is 0 Å². The Labute approximate surface area is 179 Å². The highest BCUT2D eigenvalue weighted by Crippen LogP contribution is 2.49. The molecule has 156 valence electrons. The molecular weight excluding hydrogens is 402 g/mol. The highest BCUT2D eigenvalue weighted by molar-refractivity contribution is 8.00. The molecule has 2 heterocycles. The first-order chi connectivity index (χ1) is 14.6. The SMILES string of the molecule is COc1cc(OC)c(C2SCC(=O)Nc3c2c(C)nn3-c2ccccc2)cc1OC. The Bertz CT molecular complexity index is 1080. The van der Waals surface area contributed by atoms with Gasteiger partial charge in [-0.3, -0.25) is 4.79 Å². The van der Waals surface area contributed by atoms with Crippen LogP contribution in [0.4, 0.5) is 5.82 Å². The smallest absolute Gasteiger partial charge is 0.235 e. The summed E-state index contributed by atoms with van der Waals surface area (Å²) < 4.78 is 18.4. The molecule has 0 spiro atoms. The molecule has 4 rings (SSSR count). The van der Waals surface area contributed by atoms with E-state index in [0.29, 0.717) is 28.8 Å². The molecule has 0 bridgehead atoms. The number of rotatable bonds is 5. The number of aromatic nitrogens is 2. The molecule has 0 radical (unpaired) electrons. The fourth-order valence-electron chi connectivity index (χ4n) is 3.64. The molecule has 1 aliphatic heterocycles. The molecule has 3 aromatic rings. The Balaban J connectivity index is 1.92. The molecule has 8 heteroatoms. The lowest BCUT2D eigenvalue weighted by Crippen LogP contribution is -2.15. The zero-order valence-corrected chi connectivity index (χ0v) is 18.1. The van der Waals surface area contributed by atoms with E-state index in [1.165, 1.54) is 11.8 Å². The predicted octanol–water partition coefficient (Wildman–Crippen LogP) is 3.98. The molecule has 0 fully saturated rings. The van der Waals surface area contributed by atoms with Gasteiger partial charge in [-0.2, -0.15) is 5.10 Å². The third-order valence-electron chi connectivity index (χ3n) is 5.03. The van der Waals surface area contributed by atoms with Crippen LogP contribution >= 0.6 is 11.8 Å². The van der Waals surface area contributed by atoms with Gasteiger partial charge in [0.05, 0.1) is 43.7 Å². The molecule has 1 amide bonds. The highest BCUT2D eigenvalue weighted by Gasteiger charge is 2.33. The van der Waals surface area contributed by atoms with Gasteiger partial charge in [0.15, 0.2) is 11.5 Å². The first-order valence-corrected chi connectivity index (χ1v) is 10.5. The fraction of sp³-hybridized carbons (Fsp3) is 0.273. The number of nitrogens with one attached hydrogen (secondary N) is 1. The first-order valence-electron chi connectivity index (χ1n) is 9.43. The van der Waals surface area contributed by atoms with Crippen molar-refractivity contribution in [3.8, 4) is 22.9 Å². The third kappa shape index (κ3) is 3.47. The van der Waals surface area contributed by atoms with Crippen LogP contribution in [0.1, 0.15) is 22.1 Å². The number of fused-ring (bicyclic) bond motifs is 1. The number of anilines is 1. The van der Waals surface area contributed by atoms with E-state index in [4.69, 9.17) is 19.3 Å². The van der Waals surface area contributed by atoms with Gasteiger partial charge in [0.2, 0.25) is 5.91 Å². The summed E-state index contributed by atoms with van der Waals surface area (Å²) in [4.78, 5) is 12.5. The van der Waals surface area contributed by atoms with Crippen LogP contribution in [0.3, 0.4) is 0 Å². The third-order valence-corrected chi connectivity index (χ3v) is 6.28. The lowest BCUT2D eigenvalue weighted by atomic mass is 10.0. The normalized spacial score (nSPS) is 15.7. The average molecular weight is 426 g/mol. The van der Waals surface area contributed by atoms with Crippen molar-refractivity contribution >= 4 is 23.5 Å². The maximum absolute atomic E-state index is 12.5. The van der Waals surface area contributed by atoms with Gasteiger partial charge in [-0.05, 0) is 25.1 Å². The van der Waals surface area contributed by atoms with Crippen molar-refractivity contribution in [2.45, 2.75) is 12.2 Å². The maximum Gasteiger partial charge on any atom is 0.235 e. The van der Waals surface area contributed by atoms with Crippen molar-refractivity contribution in [1.29, 1.82) is 0 Å². The van der Waals surface area contributed by atoms with Gasteiger partial charge in [0.1, 0.15) is 11.6 Å². The minimum Gasteiger partial charge on any atom is -0.496 e. The summed E-state index contributed by atoms with van der Waals surface area (Å²) in [5.41, 5.74) is 3.56. The van der Waals surface area contributed by atoms with Gasteiger partial charge in [0, 0.05) is 17.2 Å². The van der Waals surface area contributed by atoms with Gasteiger partial charge in [-0.25, -0.2) is 4.68 Å². The summed E-state index contributed by atoms with van der Waals surface area (Å²) >= 11 is 1.53. The van der Waals surface area contributed by atoms with E-state index < -0.39 is 0 Å². The average Bonchev–Trinajstić information content (AvgIpc) is 2.98. The standard InChI is InChI=1S/C22H23N3O4S/c1-13-20-21(15-10-17(28-3)18(29-4)11-16(15)27-2)30-12-19(26)23-22(20)25(24-13)14-8-6-5-7-9-14/h5-11,21H,12H2,1-4H3,(H,23,26). The number of aryl methyl sites for hydroxylation is 1. The number of hydrogen-bond donors (Lipinski definition) is 1.